The van der Waals surface area contributed by atoms with E-state index in [2.05, 4.69) is 20.8 Å². The van der Waals surface area contributed by atoms with E-state index in [1.165, 1.54) is 31.4 Å². The van der Waals surface area contributed by atoms with Crippen LogP contribution in [0.5, 0.6) is 0 Å². The van der Waals surface area contributed by atoms with Gasteiger partial charge in [0.1, 0.15) is 5.82 Å². The van der Waals surface area contributed by atoms with Crippen LogP contribution in [0.3, 0.4) is 0 Å². The number of rotatable bonds is 1. The fourth-order valence-electron chi connectivity index (χ4n) is 1.87. The van der Waals surface area contributed by atoms with Gasteiger partial charge in [0.25, 0.3) is 0 Å². The van der Waals surface area contributed by atoms with E-state index in [1.807, 2.05) is 6.07 Å². The molecule has 1 saturated heterocycles. The Labute approximate surface area is 92.0 Å². The molecule has 0 aliphatic carbocycles. The number of halogens is 2. The molecule has 0 aromatic heterocycles. The van der Waals surface area contributed by atoms with Gasteiger partial charge in [0.05, 0.1) is 5.69 Å². The molecule has 1 aromatic carbocycles. The Balaban J connectivity index is 2.22. The highest BCUT2D eigenvalue weighted by Crippen LogP contribution is 2.28. The molecular formula is C11H13BrFN. The number of hydrogen-bond donors (Lipinski definition) is 0. The third-order valence-corrected chi connectivity index (χ3v) is 3.24. The first-order valence-electron chi connectivity index (χ1n) is 4.97. The molecule has 0 bridgehead atoms. The van der Waals surface area contributed by atoms with Gasteiger partial charge in [-0.1, -0.05) is 0 Å². The zero-order valence-corrected chi connectivity index (χ0v) is 9.56. The topological polar surface area (TPSA) is 3.24 Å². The first-order chi connectivity index (χ1) is 6.77. The monoisotopic (exact) mass is 257 g/mol. The largest absolute Gasteiger partial charge is 0.371 e. The molecule has 0 atom stereocenters. The van der Waals surface area contributed by atoms with Gasteiger partial charge in [0.15, 0.2) is 0 Å². The van der Waals surface area contributed by atoms with Crippen molar-refractivity contribution in [2.45, 2.75) is 19.3 Å². The quantitative estimate of drug-likeness (QED) is 0.744. The molecule has 1 aromatic rings. The summed E-state index contributed by atoms with van der Waals surface area (Å²) >= 11 is 3.40. The average Bonchev–Trinajstić information content (AvgIpc) is 2.19. The molecule has 0 spiro atoms. The maximum absolute atomic E-state index is 12.9. The second kappa shape index (κ2) is 4.30. The highest BCUT2D eigenvalue weighted by atomic mass is 79.9. The van der Waals surface area contributed by atoms with Crippen LogP contribution in [0.25, 0.3) is 0 Å². The van der Waals surface area contributed by atoms with E-state index in [4.69, 9.17) is 0 Å². The van der Waals surface area contributed by atoms with Crippen LogP contribution in [0.15, 0.2) is 22.7 Å². The van der Waals surface area contributed by atoms with Crippen molar-refractivity contribution in [3.05, 3.63) is 28.5 Å². The van der Waals surface area contributed by atoms with Gasteiger partial charge in [-0.25, -0.2) is 4.39 Å². The van der Waals surface area contributed by atoms with Crippen LogP contribution in [0.2, 0.25) is 0 Å². The number of piperidine rings is 1. The predicted molar refractivity (Wildman–Crippen MR) is 60.2 cm³/mol. The van der Waals surface area contributed by atoms with E-state index in [1.54, 1.807) is 0 Å². The van der Waals surface area contributed by atoms with Gasteiger partial charge in [-0.3, -0.25) is 0 Å². The summed E-state index contributed by atoms with van der Waals surface area (Å²) < 4.78 is 13.7. The SMILES string of the molecule is Fc1ccc(N2CCCCC2)c(Br)c1. The van der Waals surface area contributed by atoms with Crippen LogP contribution < -0.4 is 4.90 Å². The van der Waals surface area contributed by atoms with Gasteiger partial charge in [-0.2, -0.15) is 0 Å². The highest BCUT2D eigenvalue weighted by Gasteiger charge is 2.13. The lowest BCUT2D eigenvalue weighted by atomic mass is 10.1. The minimum absolute atomic E-state index is 0.183. The first kappa shape index (κ1) is 9.97. The van der Waals surface area contributed by atoms with Crippen molar-refractivity contribution in [3.8, 4) is 0 Å². The molecule has 0 unspecified atom stereocenters. The molecule has 1 heterocycles. The molecule has 0 saturated carbocycles. The predicted octanol–water partition coefficient (Wildman–Crippen LogP) is 3.58. The molecule has 14 heavy (non-hydrogen) atoms. The van der Waals surface area contributed by atoms with Crippen LogP contribution >= 0.6 is 15.9 Å². The van der Waals surface area contributed by atoms with E-state index in [0.29, 0.717) is 0 Å². The zero-order chi connectivity index (χ0) is 9.97. The third kappa shape index (κ3) is 2.08. The van der Waals surface area contributed by atoms with E-state index in [9.17, 15) is 4.39 Å². The number of hydrogen-bond acceptors (Lipinski definition) is 1. The van der Waals surface area contributed by atoms with Crippen LogP contribution in [-0.4, -0.2) is 13.1 Å². The molecule has 1 fully saturated rings. The van der Waals surface area contributed by atoms with E-state index in [-0.39, 0.29) is 5.82 Å². The molecular weight excluding hydrogens is 245 g/mol. The Morgan fingerprint density at radius 2 is 1.86 bits per heavy atom. The molecule has 76 valence electrons. The summed E-state index contributed by atoms with van der Waals surface area (Å²) in [6.07, 6.45) is 3.79. The first-order valence-corrected chi connectivity index (χ1v) is 5.77. The highest BCUT2D eigenvalue weighted by molar-refractivity contribution is 9.10. The van der Waals surface area contributed by atoms with E-state index in [0.717, 1.165) is 23.2 Å². The normalized spacial score (nSPS) is 17.1. The van der Waals surface area contributed by atoms with Gasteiger partial charge in [-0.15, -0.1) is 0 Å². The summed E-state index contributed by atoms with van der Waals surface area (Å²) in [6, 6.07) is 4.91. The van der Waals surface area contributed by atoms with Crippen molar-refractivity contribution < 1.29 is 4.39 Å². The number of benzene rings is 1. The molecule has 0 radical (unpaired) electrons. The Morgan fingerprint density at radius 3 is 2.50 bits per heavy atom. The third-order valence-electron chi connectivity index (χ3n) is 2.61. The van der Waals surface area contributed by atoms with Gasteiger partial charge in [0.2, 0.25) is 0 Å². The minimum atomic E-state index is -0.183. The van der Waals surface area contributed by atoms with Crippen LogP contribution in [0.1, 0.15) is 19.3 Å². The molecule has 1 aliphatic heterocycles. The maximum Gasteiger partial charge on any atom is 0.124 e. The maximum atomic E-state index is 12.9. The molecule has 1 aliphatic rings. The van der Waals surface area contributed by atoms with Crippen molar-refractivity contribution in [1.29, 1.82) is 0 Å². The van der Waals surface area contributed by atoms with Crippen molar-refractivity contribution in [1.82, 2.24) is 0 Å². The van der Waals surface area contributed by atoms with Crippen molar-refractivity contribution in [2.75, 3.05) is 18.0 Å². The Hall–Kier alpha value is -0.570. The van der Waals surface area contributed by atoms with Crippen LogP contribution in [0, 0.1) is 5.82 Å². The second-order valence-corrected chi connectivity index (χ2v) is 4.50. The number of anilines is 1. The Morgan fingerprint density at radius 1 is 1.14 bits per heavy atom. The molecule has 2 rings (SSSR count). The Kier molecular flexibility index (Phi) is 3.06. The molecule has 0 N–H and O–H groups in total. The summed E-state index contributed by atoms with van der Waals surface area (Å²) in [5.41, 5.74) is 1.12. The summed E-state index contributed by atoms with van der Waals surface area (Å²) in [6.45, 7) is 2.18. The summed E-state index contributed by atoms with van der Waals surface area (Å²) in [5.74, 6) is -0.183. The number of nitrogens with zero attached hydrogens (tertiary/aromatic N) is 1. The summed E-state index contributed by atoms with van der Waals surface area (Å²) in [5, 5.41) is 0. The smallest absolute Gasteiger partial charge is 0.124 e. The average molecular weight is 258 g/mol. The fourth-order valence-corrected chi connectivity index (χ4v) is 2.47. The Bertz CT molecular complexity index is 321. The van der Waals surface area contributed by atoms with Crippen molar-refractivity contribution in [2.24, 2.45) is 0 Å². The van der Waals surface area contributed by atoms with E-state index >= 15 is 0 Å². The lowest BCUT2D eigenvalue weighted by molar-refractivity contribution is 0.575. The lowest BCUT2D eigenvalue weighted by Crippen LogP contribution is -2.29. The molecule has 1 nitrogen and oxygen atoms in total. The van der Waals surface area contributed by atoms with Crippen molar-refractivity contribution >= 4 is 21.6 Å². The van der Waals surface area contributed by atoms with E-state index < -0.39 is 0 Å². The van der Waals surface area contributed by atoms with Gasteiger partial charge in [-0.05, 0) is 53.4 Å². The fraction of sp³-hybridized carbons (Fsp3) is 0.455. The van der Waals surface area contributed by atoms with Gasteiger partial charge in [0, 0.05) is 17.6 Å². The molecule has 3 heteroatoms. The lowest BCUT2D eigenvalue weighted by Gasteiger charge is -2.29. The molecule has 0 amide bonds. The zero-order valence-electron chi connectivity index (χ0n) is 7.97. The van der Waals surface area contributed by atoms with Crippen molar-refractivity contribution in [3.63, 3.8) is 0 Å². The van der Waals surface area contributed by atoms with Crippen LogP contribution in [0.4, 0.5) is 10.1 Å². The standard InChI is InChI=1S/C11H13BrFN/c12-10-8-9(13)4-5-11(10)14-6-2-1-3-7-14/h4-5,8H,1-3,6-7H2. The summed E-state index contributed by atoms with van der Waals surface area (Å²) in [4.78, 5) is 2.31. The second-order valence-electron chi connectivity index (χ2n) is 3.64. The summed E-state index contributed by atoms with van der Waals surface area (Å²) in [7, 11) is 0. The minimum Gasteiger partial charge on any atom is -0.371 e. The van der Waals surface area contributed by atoms with Gasteiger partial charge >= 0.3 is 0 Å². The van der Waals surface area contributed by atoms with Crippen LogP contribution in [-0.2, 0) is 0 Å². The van der Waals surface area contributed by atoms with Gasteiger partial charge < -0.3 is 4.90 Å².